The minimum atomic E-state index is 0.0807. The number of nitrogens with zero attached hydrogens (tertiary/aromatic N) is 3. The van der Waals surface area contributed by atoms with E-state index in [1.165, 1.54) is 5.56 Å². The first-order valence-electron chi connectivity index (χ1n) is 7.11. The predicted molar refractivity (Wildman–Crippen MR) is 76.4 cm³/mol. The SMILES string of the molecule is C[n+]1ccn(C(=O)N2CCC(c3ccccc3)CC2)c1. The number of benzene rings is 1. The van der Waals surface area contributed by atoms with Crippen molar-refractivity contribution in [2.45, 2.75) is 18.8 Å². The molecule has 2 heterocycles. The van der Waals surface area contributed by atoms with Crippen molar-refractivity contribution in [2.75, 3.05) is 13.1 Å². The van der Waals surface area contributed by atoms with Gasteiger partial charge >= 0.3 is 6.03 Å². The summed E-state index contributed by atoms with van der Waals surface area (Å²) in [5.74, 6) is 0.584. The smallest absolute Gasteiger partial charge is 0.304 e. The van der Waals surface area contributed by atoms with Crippen LogP contribution in [-0.2, 0) is 7.05 Å². The number of piperidine rings is 1. The number of hydrogen-bond donors (Lipinski definition) is 0. The summed E-state index contributed by atoms with van der Waals surface area (Å²) in [6, 6.07) is 10.7. The average Bonchev–Trinajstić information content (AvgIpc) is 2.94. The fraction of sp³-hybridized carbons (Fsp3) is 0.375. The zero-order chi connectivity index (χ0) is 13.9. The van der Waals surface area contributed by atoms with Crippen molar-refractivity contribution in [3.63, 3.8) is 0 Å². The highest BCUT2D eigenvalue weighted by atomic mass is 16.2. The van der Waals surface area contributed by atoms with E-state index in [9.17, 15) is 4.79 Å². The van der Waals surface area contributed by atoms with Gasteiger partial charge in [-0.3, -0.25) is 0 Å². The highest BCUT2D eigenvalue weighted by Gasteiger charge is 2.27. The molecule has 0 atom stereocenters. The highest BCUT2D eigenvalue weighted by molar-refractivity contribution is 5.76. The Kier molecular flexibility index (Phi) is 3.54. The van der Waals surface area contributed by atoms with Crippen LogP contribution >= 0.6 is 0 Å². The predicted octanol–water partition coefficient (Wildman–Crippen LogP) is 2.16. The van der Waals surface area contributed by atoms with Gasteiger partial charge in [0.25, 0.3) is 6.33 Å². The van der Waals surface area contributed by atoms with E-state index in [1.54, 1.807) is 4.57 Å². The Balaban J connectivity index is 1.63. The molecule has 104 valence electrons. The van der Waals surface area contributed by atoms with Crippen molar-refractivity contribution in [1.29, 1.82) is 0 Å². The van der Waals surface area contributed by atoms with Crippen LogP contribution in [0.2, 0.25) is 0 Å². The lowest BCUT2D eigenvalue weighted by Gasteiger charge is -2.30. The van der Waals surface area contributed by atoms with Crippen LogP contribution in [0.5, 0.6) is 0 Å². The van der Waals surface area contributed by atoms with Crippen LogP contribution in [0.4, 0.5) is 4.79 Å². The van der Waals surface area contributed by atoms with Crippen LogP contribution in [0.25, 0.3) is 0 Å². The Morgan fingerprint density at radius 3 is 2.50 bits per heavy atom. The number of carbonyl (C=O) groups excluding carboxylic acids is 1. The highest BCUT2D eigenvalue weighted by Crippen LogP contribution is 2.27. The van der Waals surface area contributed by atoms with E-state index in [-0.39, 0.29) is 6.03 Å². The normalized spacial score (nSPS) is 16.4. The Morgan fingerprint density at radius 1 is 1.20 bits per heavy atom. The van der Waals surface area contributed by atoms with Gasteiger partial charge in [0, 0.05) is 13.1 Å². The lowest BCUT2D eigenvalue weighted by molar-refractivity contribution is -0.670. The number of amides is 1. The lowest BCUT2D eigenvalue weighted by atomic mass is 9.90. The van der Waals surface area contributed by atoms with Gasteiger partial charge in [0.1, 0.15) is 12.4 Å². The topological polar surface area (TPSA) is 29.1 Å². The standard InChI is InChI=1S/C16H20N3O/c1-17-11-12-19(13-17)16(20)18-9-7-15(8-10-18)14-5-3-2-4-6-14/h2-6,11-13,15H,7-10H2,1H3/q+1. The summed E-state index contributed by atoms with van der Waals surface area (Å²) >= 11 is 0. The van der Waals surface area contributed by atoms with Crippen LogP contribution in [0, 0.1) is 0 Å². The van der Waals surface area contributed by atoms with Gasteiger partial charge in [0.15, 0.2) is 0 Å². The Labute approximate surface area is 119 Å². The quantitative estimate of drug-likeness (QED) is 0.730. The fourth-order valence-electron chi connectivity index (χ4n) is 2.86. The largest absolute Gasteiger partial charge is 0.415 e. The molecule has 20 heavy (non-hydrogen) atoms. The van der Waals surface area contributed by atoms with Crippen LogP contribution in [-0.4, -0.2) is 28.6 Å². The summed E-state index contributed by atoms with van der Waals surface area (Å²) in [5, 5.41) is 0. The van der Waals surface area contributed by atoms with Gasteiger partial charge in [-0.1, -0.05) is 30.3 Å². The molecule has 1 aromatic heterocycles. The third-order valence-electron chi connectivity index (χ3n) is 4.03. The van der Waals surface area contributed by atoms with Gasteiger partial charge in [-0.2, -0.15) is 4.57 Å². The van der Waals surface area contributed by atoms with Crippen LogP contribution < -0.4 is 4.57 Å². The molecule has 1 amide bonds. The second-order valence-electron chi connectivity index (χ2n) is 5.44. The summed E-state index contributed by atoms with van der Waals surface area (Å²) in [4.78, 5) is 14.3. The van der Waals surface area contributed by atoms with E-state index < -0.39 is 0 Å². The molecule has 1 aliphatic rings. The molecule has 0 bridgehead atoms. The average molecular weight is 270 g/mol. The van der Waals surface area contributed by atoms with Gasteiger partial charge in [-0.15, -0.1) is 0 Å². The Hall–Kier alpha value is -2.10. The monoisotopic (exact) mass is 270 g/mol. The molecular formula is C16H20N3O+. The van der Waals surface area contributed by atoms with Gasteiger partial charge in [-0.25, -0.2) is 9.36 Å². The van der Waals surface area contributed by atoms with Crippen molar-refractivity contribution in [3.8, 4) is 0 Å². The molecule has 0 radical (unpaired) electrons. The first-order valence-corrected chi connectivity index (χ1v) is 7.11. The zero-order valence-corrected chi connectivity index (χ0v) is 11.8. The third kappa shape index (κ3) is 2.59. The van der Waals surface area contributed by atoms with E-state index >= 15 is 0 Å². The Bertz CT molecular complexity index is 583. The number of carbonyl (C=O) groups is 1. The fourth-order valence-corrected chi connectivity index (χ4v) is 2.86. The minimum Gasteiger partial charge on any atom is -0.304 e. The number of likely N-dealkylation sites (tertiary alicyclic amines) is 1. The van der Waals surface area contributed by atoms with Crippen LogP contribution in [0.1, 0.15) is 24.3 Å². The van der Waals surface area contributed by atoms with Crippen molar-refractivity contribution >= 4 is 6.03 Å². The zero-order valence-electron chi connectivity index (χ0n) is 11.8. The molecule has 0 aliphatic carbocycles. The van der Waals surface area contributed by atoms with Gasteiger partial charge in [0.05, 0.1) is 7.05 Å². The summed E-state index contributed by atoms with van der Waals surface area (Å²) in [7, 11) is 1.92. The second kappa shape index (κ2) is 5.49. The molecule has 0 unspecified atom stereocenters. The van der Waals surface area contributed by atoms with E-state index in [0.29, 0.717) is 5.92 Å². The molecular weight excluding hydrogens is 250 g/mol. The summed E-state index contributed by atoms with van der Waals surface area (Å²) in [5.41, 5.74) is 1.40. The van der Waals surface area contributed by atoms with Crippen molar-refractivity contribution in [3.05, 3.63) is 54.6 Å². The van der Waals surface area contributed by atoms with E-state index in [1.807, 2.05) is 41.3 Å². The number of rotatable bonds is 1. The minimum absolute atomic E-state index is 0.0807. The van der Waals surface area contributed by atoms with Crippen molar-refractivity contribution < 1.29 is 9.36 Å². The molecule has 1 aromatic carbocycles. The van der Waals surface area contributed by atoms with Gasteiger partial charge in [-0.05, 0) is 24.3 Å². The molecule has 4 nitrogen and oxygen atoms in total. The number of aryl methyl sites for hydroxylation is 1. The van der Waals surface area contributed by atoms with Crippen molar-refractivity contribution in [1.82, 2.24) is 9.47 Å². The molecule has 3 rings (SSSR count). The maximum Gasteiger partial charge on any atom is 0.415 e. The molecule has 0 N–H and O–H groups in total. The number of aromatic nitrogens is 2. The van der Waals surface area contributed by atoms with Gasteiger partial charge in [0.2, 0.25) is 0 Å². The molecule has 4 heteroatoms. The third-order valence-corrected chi connectivity index (χ3v) is 4.03. The van der Waals surface area contributed by atoms with Crippen molar-refractivity contribution in [2.24, 2.45) is 7.05 Å². The lowest BCUT2D eigenvalue weighted by Crippen LogP contribution is -2.40. The van der Waals surface area contributed by atoms with E-state index in [4.69, 9.17) is 0 Å². The van der Waals surface area contributed by atoms with Crippen LogP contribution in [0.3, 0.4) is 0 Å². The maximum atomic E-state index is 12.3. The molecule has 1 aliphatic heterocycles. The van der Waals surface area contributed by atoms with E-state index in [0.717, 1.165) is 25.9 Å². The van der Waals surface area contributed by atoms with Gasteiger partial charge < -0.3 is 4.90 Å². The first kappa shape index (κ1) is 12.9. The molecule has 0 saturated carbocycles. The second-order valence-corrected chi connectivity index (χ2v) is 5.44. The number of hydrogen-bond acceptors (Lipinski definition) is 1. The first-order chi connectivity index (χ1) is 9.74. The molecule has 1 fully saturated rings. The summed E-state index contributed by atoms with van der Waals surface area (Å²) in [6.07, 6.45) is 7.60. The molecule has 1 saturated heterocycles. The molecule has 0 spiro atoms. The van der Waals surface area contributed by atoms with Crippen LogP contribution in [0.15, 0.2) is 49.1 Å². The Morgan fingerprint density at radius 2 is 1.90 bits per heavy atom. The van der Waals surface area contributed by atoms with E-state index in [2.05, 4.69) is 24.3 Å². The number of imidazole rings is 1. The summed E-state index contributed by atoms with van der Waals surface area (Å²) < 4.78 is 3.54. The maximum absolute atomic E-state index is 12.3. The summed E-state index contributed by atoms with van der Waals surface area (Å²) in [6.45, 7) is 1.67. The molecule has 2 aromatic rings.